The molecular weight excluding hydrogens is 418 g/mol. The summed E-state index contributed by atoms with van der Waals surface area (Å²) in [6, 6.07) is 8.06. The lowest BCUT2D eigenvalue weighted by atomic mass is 9.95. The Hall–Kier alpha value is -2.15. The molecule has 0 radical (unpaired) electrons. The number of aromatic nitrogens is 2. The van der Waals surface area contributed by atoms with E-state index in [4.69, 9.17) is 0 Å². The fourth-order valence-electron chi connectivity index (χ4n) is 4.03. The number of hydrogen-bond donors (Lipinski definition) is 1. The van der Waals surface area contributed by atoms with Crippen LogP contribution in [0.1, 0.15) is 31.2 Å². The molecule has 0 atom stereocenters. The largest absolute Gasteiger partial charge is 0.367 e. The highest BCUT2D eigenvalue weighted by Crippen LogP contribution is 2.31. The number of nitrogens with one attached hydrogen (secondary N) is 1. The summed E-state index contributed by atoms with van der Waals surface area (Å²) in [5.74, 6) is 1.28. The van der Waals surface area contributed by atoms with E-state index in [2.05, 4.69) is 41.0 Å². The van der Waals surface area contributed by atoms with Crippen molar-refractivity contribution in [3.05, 3.63) is 46.8 Å². The van der Waals surface area contributed by atoms with Crippen molar-refractivity contribution in [1.29, 1.82) is 0 Å². The number of halogens is 1. The highest BCUT2D eigenvalue weighted by Gasteiger charge is 2.28. The predicted octanol–water partition coefficient (Wildman–Crippen LogP) is 3.37. The van der Waals surface area contributed by atoms with Crippen molar-refractivity contribution in [3.8, 4) is 0 Å². The zero-order valence-corrected chi connectivity index (χ0v) is 17.6. The summed E-state index contributed by atoms with van der Waals surface area (Å²) in [5.41, 5.74) is 2.23. The van der Waals surface area contributed by atoms with Crippen molar-refractivity contribution in [2.24, 2.45) is 5.92 Å². The number of amides is 1. The Morgan fingerprint density at radius 1 is 1.07 bits per heavy atom. The molecule has 2 aromatic rings. The van der Waals surface area contributed by atoms with Gasteiger partial charge in [-0.15, -0.1) is 0 Å². The van der Waals surface area contributed by atoms with Crippen LogP contribution in [0.15, 0.2) is 41.3 Å². The molecule has 2 aliphatic rings. The van der Waals surface area contributed by atoms with Gasteiger partial charge in [0, 0.05) is 43.1 Å². The van der Waals surface area contributed by atoms with E-state index in [0.29, 0.717) is 6.54 Å². The van der Waals surface area contributed by atoms with E-state index < -0.39 is 0 Å². The van der Waals surface area contributed by atoms with E-state index in [-0.39, 0.29) is 11.8 Å². The van der Waals surface area contributed by atoms with Gasteiger partial charge in [0.2, 0.25) is 5.91 Å². The first-order valence-electron chi connectivity index (χ1n) is 10.0. The first-order chi connectivity index (χ1) is 13.7. The normalized spacial score (nSPS) is 17.8. The molecule has 2 aliphatic heterocycles. The van der Waals surface area contributed by atoms with Gasteiger partial charge >= 0.3 is 0 Å². The fourth-order valence-corrected chi connectivity index (χ4v) is 4.29. The van der Waals surface area contributed by atoms with Crippen LogP contribution < -0.4 is 15.1 Å². The summed E-state index contributed by atoms with van der Waals surface area (Å²) < 4.78 is 1.05. The van der Waals surface area contributed by atoms with Crippen LogP contribution >= 0.6 is 15.9 Å². The predicted molar refractivity (Wildman–Crippen MR) is 114 cm³/mol. The van der Waals surface area contributed by atoms with Gasteiger partial charge in [0.1, 0.15) is 6.33 Å². The lowest BCUT2D eigenvalue weighted by Gasteiger charge is -2.34. The third-order valence-corrected chi connectivity index (χ3v) is 6.19. The maximum atomic E-state index is 12.6. The van der Waals surface area contributed by atoms with E-state index in [1.807, 2.05) is 30.5 Å². The second-order valence-corrected chi connectivity index (χ2v) is 8.45. The van der Waals surface area contributed by atoms with Crippen LogP contribution in [-0.2, 0) is 11.3 Å². The quantitative estimate of drug-likeness (QED) is 0.767. The zero-order chi connectivity index (χ0) is 19.3. The molecule has 0 bridgehead atoms. The van der Waals surface area contributed by atoms with Gasteiger partial charge in [0.15, 0.2) is 5.82 Å². The SMILES string of the molecule is O=C(NCc1ccc(Br)cc1)C1CCN(c2cncnc2N2CCCC2)CC1. The highest BCUT2D eigenvalue weighted by molar-refractivity contribution is 9.10. The van der Waals surface area contributed by atoms with Crippen molar-refractivity contribution in [2.75, 3.05) is 36.0 Å². The van der Waals surface area contributed by atoms with Gasteiger partial charge in [-0.2, -0.15) is 0 Å². The lowest BCUT2D eigenvalue weighted by molar-refractivity contribution is -0.125. The van der Waals surface area contributed by atoms with Crippen molar-refractivity contribution in [2.45, 2.75) is 32.2 Å². The molecule has 0 unspecified atom stereocenters. The van der Waals surface area contributed by atoms with Crippen molar-refractivity contribution in [1.82, 2.24) is 15.3 Å². The third kappa shape index (κ3) is 4.46. The molecule has 0 aliphatic carbocycles. The van der Waals surface area contributed by atoms with Crippen LogP contribution in [0.4, 0.5) is 11.5 Å². The van der Waals surface area contributed by atoms with Crippen LogP contribution in [0.2, 0.25) is 0 Å². The molecular formula is C21H26BrN5O. The van der Waals surface area contributed by atoms with Gasteiger partial charge in [0.05, 0.1) is 11.9 Å². The van der Waals surface area contributed by atoms with E-state index in [1.165, 1.54) is 12.8 Å². The average Bonchev–Trinajstić information content (AvgIpc) is 3.28. The summed E-state index contributed by atoms with van der Waals surface area (Å²) in [7, 11) is 0. The van der Waals surface area contributed by atoms with Gasteiger partial charge in [-0.25, -0.2) is 9.97 Å². The lowest BCUT2D eigenvalue weighted by Crippen LogP contribution is -2.41. The van der Waals surface area contributed by atoms with Gasteiger partial charge in [-0.3, -0.25) is 4.79 Å². The number of rotatable bonds is 5. The summed E-state index contributed by atoms with van der Waals surface area (Å²) >= 11 is 3.44. The number of piperidine rings is 1. The van der Waals surface area contributed by atoms with Gasteiger partial charge < -0.3 is 15.1 Å². The monoisotopic (exact) mass is 443 g/mol. The molecule has 4 rings (SSSR count). The minimum atomic E-state index is 0.0755. The molecule has 1 aromatic heterocycles. The van der Waals surface area contributed by atoms with Crippen molar-refractivity contribution in [3.63, 3.8) is 0 Å². The number of nitrogens with zero attached hydrogens (tertiary/aromatic N) is 4. The van der Waals surface area contributed by atoms with Crippen LogP contribution in [0.5, 0.6) is 0 Å². The molecule has 1 amide bonds. The fraction of sp³-hybridized carbons (Fsp3) is 0.476. The minimum absolute atomic E-state index is 0.0755. The molecule has 0 spiro atoms. The Bertz CT molecular complexity index is 799. The Balaban J connectivity index is 1.32. The van der Waals surface area contributed by atoms with E-state index >= 15 is 0 Å². The molecule has 1 aromatic carbocycles. The number of benzene rings is 1. The maximum absolute atomic E-state index is 12.6. The molecule has 3 heterocycles. The second-order valence-electron chi connectivity index (χ2n) is 7.53. The van der Waals surface area contributed by atoms with Crippen LogP contribution in [-0.4, -0.2) is 42.1 Å². The topological polar surface area (TPSA) is 61.4 Å². The highest BCUT2D eigenvalue weighted by atomic mass is 79.9. The molecule has 1 N–H and O–H groups in total. The summed E-state index contributed by atoms with van der Waals surface area (Å²) in [5, 5.41) is 3.09. The van der Waals surface area contributed by atoms with Gasteiger partial charge in [-0.1, -0.05) is 28.1 Å². The summed E-state index contributed by atoms with van der Waals surface area (Å²) in [4.78, 5) is 26.1. The third-order valence-electron chi connectivity index (χ3n) is 5.66. The zero-order valence-electron chi connectivity index (χ0n) is 16.0. The number of hydrogen-bond acceptors (Lipinski definition) is 5. The van der Waals surface area contributed by atoms with Gasteiger partial charge in [-0.05, 0) is 43.4 Å². The standard InChI is InChI=1S/C21H26BrN5O/c22-18-5-3-16(4-6-18)13-24-21(28)17-7-11-26(12-8-17)19-14-23-15-25-20(19)27-9-1-2-10-27/h3-6,14-15,17H,1-2,7-13H2,(H,24,28). The molecule has 2 saturated heterocycles. The molecule has 28 heavy (non-hydrogen) atoms. The molecule has 7 heteroatoms. The number of carbonyl (C=O) groups excluding carboxylic acids is 1. The Kier molecular flexibility index (Phi) is 6.10. The molecule has 148 valence electrons. The second kappa shape index (κ2) is 8.90. The number of carbonyl (C=O) groups is 1. The molecule has 2 fully saturated rings. The number of anilines is 2. The van der Waals surface area contributed by atoms with Gasteiger partial charge in [0.25, 0.3) is 0 Å². The summed E-state index contributed by atoms with van der Waals surface area (Å²) in [6.07, 6.45) is 7.74. The van der Waals surface area contributed by atoms with Crippen molar-refractivity contribution >= 4 is 33.3 Å². The average molecular weight is 444 g/mol. The summed E-state index contributed by atoms with van der Waals surface area (Å²) in [6.45, 7) is 4.45. The van der Waals surface area contributed by atoms with E-state index in [1.54, 1.807) is 6.33 Å². The first kappa shape index (κ1) is 19.2. The minimum Gasteiger partial charge on any atom is -0.367 e. The molecule has 6 nitrogen and oxygen atoms in total. The Morgan fingerprint density at radius 2 is 1.79 bits per heavy atom. The van der Waals surface area contributed by atoms with Crippen molar-refractivity contribution < 1.29 is 4.79 Å². The smallest absolute Gasteiger partial charge is 0.223 e. The van der Waals surface area contributed by atoms with Crippen LogP contribution in [0.3, 0.4) is 0 Å². The first-order valence-corrected chi connectivity index (χ1v) is 10.8. The Labute approximate surface area is 174 Å². The van der Waals surface area contributed by atoms with Crippen LogP contribution in [0.25, 0.3) is 0 Å². The maximum Gasteiger partial charge on any atom is 0.223 e. The Morgan fingerprint density at radius 3 is 2.50 bits per heavy atom. The van der Waals surface area contributed by atoms with E-state index in [0.717, 1.165) is 60.6 Å². The molecule has 0 saturated carbocycles. The van der Waals surface area contributed by atoms with Crippen LogP contribution in [0, 0.1) is 5.92 Å². The van der Waals surface area contributed by atoms with E-state index in [9.17, 15) is 4.79 Å².